The molecule has 3 aromatic carbocycles. The van der Waals surface area contributed by atoms with Crippen LogP contribution in [0.5, 0.6) is 5.75 Å². The van der Waals surface area contributed by atoms with Gasteiger partial charge in [-0.3, -0.25) is 0 Å². The van der Waals surface area contributed by atoms with Crippen LogP contribution in [0.1, 0.15) is 54.4 Å². The number of rotatable bonds is 4. The number of piperidine rings is 1. The number of aliphatic carboxylic acids is 1. The van der Waals surface area contributed by atoms with Crippen molar-refractivity contribution in [1.29, 1.82) is 0 Å². The van der Waals surface area contributed by atoms with E-state index in [4.69, 9.17) is 9.90 Å². The smallest absolute Gasteiger partial charge is 0.490 e. The molecule has 1 saturated carbocycles. The zero-order chi connectivity index (χ0) is 27.6. The fraction of sp³-hybridized carbons (Fsp3) is 0.387. The van der Waals surface area contributed by atoms with Crippen LogP contribution in [-0.2, 0) is 23.1 Å². The lowest BCUT2D eigenvalue weighted by molar-refractivity contribution is -0.192. The SMILES string of the molecule is O=C(O)C(F)(F)F.Oc1cc2c(cc1Nc1ccccc1Cc1ccccc1)C[C@@H]1NCC[C@]23CCCC[C@H]13. The van der Waals surface area contributed by atoms with Gasteiger partial charge in [-0.05, 0) is 85.0 Å². The second-order valence-corrected chi connectivity index (χ2v) is 10.8. The Bertz CT molecular complexity index is 1320. The quantitative estimate of drug-likeness (QED) is 0.278. The molecule has 5 nitrogen and oxygen atoms in total. The van der Waals surface area contributed by atoms with Crippen molar-refractivity contribution in [3.8, 4) is 5.75 Å². The summed E-state index contributed by atoms with van der Waals surface area (Å²) in [5, 5.41) is 25.6. The molecule has 206 valence electrons. The van der Waals surface area contributed by atoms with E-state index in [-0.39, 0.29) is 5.41 Å². The summed E-state index contributed by atoms with van der Waals surface area (Å²) in [5.74, 6) is -1.65. The summed E-state index contributed by atoms with van der Waals surface area (Å²) in [5.41, 5.74) is 7.53. The van der Waals surface area contributed by atoms with Crippen molar-refractivity contribution in [3.63, 3.8) is 0 Å². The summed E-state index contributed by atoms with van der Waals surface area (Å²) in [7, 11) is 0. The molecule has 6 rings (SSSR count). The van der Waals surface area contributed by atoms with Crippen molar-refractivity contribution >= 4 is 17.3 Å². The number of phenols is 1. The normalized spacial score (nSPS) is 23.5. The van der Waals surface area contributed by atoms with Crippen LogP contribution in [0.3, 0.4) is 0 Å². The Hall–Kier alpha value is -3.52. The van der Waals surface area contributed by atoms with E-state index >= 15 is 0 Å². The lowest BCUT2D eigenvalue weighted by Gasteiger charge is -2.56. The minimum Gasteiger partial charge on any atom is -0.506 e. The van der Waals surface area contributed by atoms with E-state index in [2.05, 4.69) is 77.4 Å². The average Bonchev–Trinajstić information content (AvgIpc) is 2.91. The number of fused-ring (bicyclic) bond motifs is 1. The molecule has 3 aliphatic rings. The average molecular weight is 539 g/mol. The standard InChI is InChI=1S/C29H32N2O.C2HF3O2/c32-28-19-24-22(17-26-23-11-6-7-13-29(23,24)14-15-30-26)18-27(28)31-25-12-5-4-10-21(25)16-20-8-2-1-3-9-20;3-2(4,5)1(6)7/h1-5,8-10,12,18-19,23,26,30-32H,6-7,11,13-17H2;(H,6,7)/t23-,26+,29+;/m1./s1. The van der Waals surface area contributed by atoms with E-state index in [0.717, 1.165) is 36.7 Å². The molecule has 0 radical (unpaired) electrons. The second-order valence-electron chi connectivity index (χ2n) is 10.8. The first-order valence-electron chi connectivity index (χ1n) is 13.5. The van der Waals surface area contributed by atoms with Gasteiger partial charge >= 0.3 is 12.1 Å². The van der Waals surface area contributed by atoms with Crippen molar-refractivity contribution in [2.24, 2.45) is 5.92 Å². The van der Waals surface area contributed by atoms with Gasteiger partial charge in [-0.25, -0.2) is 4.79 Å². The molecule has 4 N–H and O–H groups in total. The predicted molar refractivity (Wildman–Crippen MR) is 145 cm³/mol. The Kier molecular flexibility index (Phi) is 7.58. The number of halogens is 3. The first-order chi connectivity index (χ1) is 18.7. The van der Waals surface area contributed by atoms with Crippen molar-refractivity contribution in [1.82, 2.24) is 5.32 Å². The zero-order valence-electron chi connectivity index (χ0n) is 21.6. The highest BCUT2D eigenvalue weighted by Gasteiger charge is 2.51. The number of nitrogens with one attached hydrogen (secondary N) is 2. The molecule has 2 bridgehead atoms. The van der Waals surface area contributed by atoms with Crippen LogP contribution >= 0.6 is 0 Å². The molecular formula is C31H33F3N2O3. The Morgan fingerprint density at radius 2 is 1.72 bits per heavy atom. The molecule has 8 heteroatoms. The minimum absolute atomic E-state index is 0.267. The van der Waals surface area contributed by atoms with Gasteiger partial charge in [0.25, 0.3) is 0 Å². The number of para-hydroxylation sites is 1. The maximum Gasteiger partial charge on any atom is 0.490 e. The van der Waals surface area contributed by atoms with Crippen LogP contribution in [-0.4, -0.2) is 34.9 Å². The number of aromatic hydroxyl groups is 1. The van der Waals surface area contributed by atoms with Crippen LogP contribution in [0.25, 0.3) is 0 Å². The number of benzene rings is 3. The largest absolute Gasteiger partial charge is 0.506 e. The van der Waals surface area contributed by atoms with Gasteiger partial charge in [-0.15, -0.1) is 0 Å². The molecule has 0 unspecified atom stereocenters. The highest BCUT2D eigenvalue weighted by molar-refractivity contribution is 5.73. The van der Waals surface area contributed by atoms with Gasteiger partial charge in [-0.1, -0.05) is 61.4 Å². The van der Waals surface area contributed by atoms with E-state index in [1.54, 1.807) is 0 Å². The number of anilines is 2. The molecule has 0 amide bonds. The van der Waals surface area contributed by atoms with E-state index in [1.165, 1.54) is 54.4 Å². The van der Waals surface area contributed by atoms with Gasteiger partial charge in [0.2, 0.25) is 0 Å². The number of hydrogen-bond acceptors (Lipinski definition) is 4. The monoisotopic (exact) mass is 538 g/mol. The van der Waals surface area contributed by atoms with Crippen molar-refractivity contribution in [2.45, 2.75) is 62.6 Å². The molecule has 3 atom stereocenters. The Morgan fingerprint density at radius 3 is 2.46 bits per heavy atom. The predicted octanol–water partition coefficient (Wildman–Crippen LogP) is 6.71. The molecule has 1 aliphatic heterocycles. The minimum atomic E-state index is -5.08. The number of carboxylic acids is 1. The van der Waals surface area contributed by atoms with Crippen LogP contribution < -0.4 is 10.6 Å². The molecule has 0 spiro atoms. The third kappa shape index (κ3) is 5.62. The van der Waals surface area contributed by atoms with E-state index in [0.29, 0.717) is 11.8 Å². The lowest BCUT2D eigenvalue weighted by Crippen LogP contribution is -2.59. The van der Waals surface area contributed by atoms with Crippen molar-refractivity contribution in [2.75, 3.05) is 11.9 Å². The lowest BCUT2D eigenvalue weighted by atomic mass is 9.53. The molecule has 0 aromatic heterocycles. The van der Waals surface area contributed by atoms with Gasteiger partial charge in [0.05, 0.1) is 5.69 Å². The fourth-order valence-electron chi connectivity index (χ4n) is 6.83. The van der Waals surface area contributed by atoms with Crippen LogP contribution in [0.4, 0.5) is 24.5 Å². The molecule has 2 aliphatic carbocycles. The maximum atomic E-state index is 11.1. The first-order valence-corrected chi connectivity index (χ1v) is 13.5. The third-order valence-electron chi connectivity index (χ3n) is 8.53. The first kappa shape index (κ1) is 27.1. The highest BCUT2D eigenvalue weighted by Crippen LogP contribution is 2.55. The van der Waals surface area contributed by atoms with Gasteiger partial charge in [0.15, 0.2) is 0 Å². The Balaban J connectivity index is 0.000000392. The topological polar surface area (TPSA) is 81.6 Å². The fourth-order valence-corrected chi connectivity index (χ4v) is 6.83. The number of hydrogen-bond donors (Lipinski definition) is 4. The Morgan fingerprint density at radius 1 is 1.00 bits per heavy atom. The van der Waals surface area contributed by atoms with Gasteiger partial charge in [-0.2, -0.15) is 13.2 Å². The summed E-state index contributed by atoms with van der Waals surface area (Å²) in [4.78, 5) is 8.90. The number of alkyl halides is 3. The van der Waals surface area contributed by atoms with Crippen molar-refractivity contribution < 1.29 is 28.2 Å². The maximum absolute atomic E-state index is 11.1. The summed E-state index contributed by atoms with van der Waals surface area (Å²) < 4.78 is 31.7. The van der Waals surface area contributed by atoms with Crippen LogP contribution in [0.15, 0.2) is 66.7 Å². The summed E-state index contributed by atoms with van der Waals surface area (Å²) in [6.45, 7) is 1.11. The molecule has 2 fully saturated rings. The second kappa shape index (κ2) is 10.9. The van der Waals surface area contributed by atoms with E-state index in [1.807, 2.05) is 0 Å². The molecular weight excluding hydrogens is 505 g/mol. The van der Waals surface area contributed by atoms with Gasteiger partial charge in [0, 0.05) is 17.1 Å². The van der Waals surface area contributed by atoms with E-state index < -0.39 is 12.1 Å². The van der Waals surface area contributed by atoms with Gasteiger partial charge < -0.3 is 20.8 Å². The Labute approximate surface area is 226 Å². The summed E-state index contributed by atoms with van der Waals surface area (Å²) in [6.07, 6.45) is 3.32. The third-order valence-corrected chi connectivity index (χ3v) is 8.53. The summed E-state index contributed by atoms with van der Waals surface area (Å²) in [6, 6.07) is 23.9. The van der Waals surface area contributed by atoms with Crippen LogP contribution in [0, 0.1) is 5.92 Å². The highest BCUT2D eigenvalue weighted by atomic mass is 19.4. The molecule has 1 saturated heterocycles. The number of carbonyl (C=O) groups is 1. The molecule has 3 aromatic rings. The summed E-state index contributed by atoms with van der Waals surface area (Å²) >= 11 is 0. The zero-order valence-corrected chi connectivity index (χ0v) is 21.6. The van der Waals surface area contributed by atoms with Gasteiger partial charge in [0.1, 0.15) is 5.75 Å². The molecule has 39 heavy (non-hydrogen) atoms. The molecule has 1 heterocycles. The van der Waals surface area contributed by atoms with Crippen molar-refractivity contribution in [3.05, 3.63) is 89.0 Å². The number of carboxylic acid groups (broad SMARTS) is 1. The van der Waals surface area contributed by atoms with E-state index in [9.17, 15) is 18.3 Å². The van der Waals surface area contributed by atoms with Crippen LogP contribution in [0.2, 0.25) is 0 Å². The number of phenolic OH excluding ortho intramolecular Hbond substituents is 1.